The molecule has 9 heteroatoms. The summed E-state index contributed by atoms with van der Waals surface area (Å²) in [6.07, 6.45) is 3.55. The lowest BCUT2D eigenvalue weighted by Crippen LogP contribution is -2.12. The lowest BCUT2D eigenvalue weighted by Gasteiger charge is -2.11. The molecule has 0 unspecified atom stereocenters. The van der Waals surface area contributed by atoms with E-state index in [1.807, 2.05) is 31.5 Å². The molecule has 3 rings (SSSR count). The van der Waals surface area contributed by atoms with Crippen molar-refractivity contribution >= 4 is 30.8 Å². The fourth-order valence-electron chi connectivity index (χ4n) is 3.21. The molecular weight excluding hydrogens is 402 g/mol. The third kappa shape index (κ3) is 3.79. The topological polar surface area (TPSA) is 94.1 Å². The summed E-state index contributed by atoms with van der Waals surface area (Å²) < 4.78 is 31.1. The van der Waals surface area contributed by atoms with Crippen LogP contribution in [0.4, 0.5) is 0 Å². The van der Waals surface area contributed by atoms with E-state index in [0.717, 1.165) is 18.5 Å². The Kier molecular flexibility index (Phi) is 5.81. The zero-order chi connectivity index (χ0) is 20.5. The van der Waals surface area contributed by atoms with Crippen molar-refractivity contribution in [2.45, 2.75) is 45.1 Å². The van der Waals surface area contributed by atoms with Crippen LogP contribution in [0.3, 0.4) is 0 Å². The molecule has 0 saturated heterocycles. The highest BCUT2D eigenvalue weighted by atomic mass is 35.7. The van der Waals surface area contributed by atoms with Crippen LogP contribution in [0.1, 0.15) is 32.8 Å². The summed E-state index contributed by atoms with van der Waals surface area (Å²) in [5, 5.41) is 0.554. The molecule has 0 bridgehead atoms. The van der Waals surface area contributed by atoms with Gasteiger partial charge in [0.25, 0.3) is 14.6 Å². The van der Waals surface area contributed by atoms with Gasteiger partial charge in [0.2, 0.25) is 0 Å². The van der Waals surface area contributed by atoms with Gasteiger partial charge in [-0.1, -0.05) is 13.8 Å². The smallest absolute Gasteiger partial charge is 0.261 e. The average Bonchev–Trinajstić information content (AvgIpc) is 3.00. The van der Waals surface area contributed by atoms with Crippen molar-refractivity contribution < 1.29 is 13.2 Å². The quantitative estimate of drug-likeness (QED) is 0.585. The number of fused-ring (bicyclic) bond motifs is 1. The van der Waals surface area contributed by atoms with Crippen molar-refractivity contribution in [3.05, 3.63) is 40.3 Å². The maximum absolute atomic E-state index is 12.8. The van der Waals surface area contributed by atoms with E-state index in [4.69, 9.17) is 15.4 Å². The Morgan fingerprint density at radius 3 is 2.61 bits per heavy atom. The Balaban J connectivity index is 2.31. The summed E-state index contributed by atoms with van der Waals surface area (Å²) in [5.74, 6) is 0.652. The van der Waals surface area contributed by atoms with Crippen LogP contribution in [0.25, 0.3) is 22.4 Å². The molecule has 0 aliphatic carbocycles. The van der Waals surface area contributed by atoms with Crippen molar-refractivity contribution in [1.82, 2.24) is 14.5 Å². The van der Waals surface area contributed by atoms with Crippen molar-refractivity contribution in [3.63, 3.8) is 0 Å². The molecule has 3 aromatic rings. The number of rotatable bonds is 7. The molecule has 28 heavy (non-hydrogen) atoms. The largest absolute Gasteiger partial charge is 0.493 e. The molecule has 0 fully saturated rings. The molecule has 0 saturated carbocycles. The van der Waals surface area contributed by atoms with E-state index < -0.39 is 9.05 Å². The Labute approximate surface area is 167 Å². The van der Waals surface area contributed by atoms with Crippen LogP contribution in [-0.2, 0) is 22.0 Å². The normalized spacial score (nSPS) is 11.9. The van der Waals surface area contributed by atoms with Crippen LogP contribution < -0.4 is 10.3 Å². The monoisotopic (exact) mass is 423 g/mol. The number of hydrogen-bond acceptors (Lipinski definition) is 5. The standard InChI is InChI=1S/C19H22ClN3O4S/c1-4-9-23-11-12(5-2)16-18(23)21-17(22-19(16)24)14-10-13(28(20,25)26)7-8-15(14)27-6-3/h7-8,10-11H,4-6,9H2,1-3H3,(H,21,22,24). The Bertz CT molecular complexity index is 1180. The van der Waals surface area contributed by atoms with Gasteiger partial charge in [0.15, 0.2) is 0 Å². The number of halogens is 1. The SMILES string of the molecule is CCCn1cc(CC)c2c(=O)[nH]c(-c3cc(S(=O)(=O)Cl)ccc3OCC)nc21. The molecule has 1 aromatic carbocycles. The molecular formula is C19H22ClN3O4S. The maximum atomic E-state index is 12.8. The zero-order valence-electron chi connectivity index (χ0n) is 16.0. The van der Waals surface area contributed by atoms with Gasteiger partial charge in [0.1, 0.15) is 17.2 Å². The molecule has 0 aliphatic rings. The first-order valence-corrected chi connectivity index (χ1v) is 11.4. The van der Waals surface area contributed by atoms with Gasteiger partial charge in [-0.2, -0.15) is 0 Å². The van der Waals surface area contributed by atoms with Gasteiger partial charge in [-0.25, -0.2) is 13.4 Å². The minimum absolute atomic E-state index is 0.0893. The van der Waals surface area contributed by atoms with Crippen LogP contribution >= 0.6 is 10.7 Å². The lowest BCUT2D eigenvalue weighted by atomic mass is 10.1. The van der Waals surface area contributed by atoms with E-state index in [-0.39, 0.29) is 16.3 Å². The lowest BCUT2D eigenvalue weighted by molar-refractivity contribution is 0.341. The second-order valence-electron chi connectivity index (χ2n) is 6.34. The van der Waals surface area contributed by atoms with Gasteiger partial charge in [-0.15, -0.1) is 0 Å². The minimum Gasteiger partial charge on any atom is -0.493 e. The molecule has 0 atom stereocenters. The third-order valence-electron chi connectivity index (χ3n) is 4.44. The summed E-state index contributed by atoms with van der Waals surface area (Å²) in [7, 11) is 1.55. The van der Waals surface area contributed by atoms with Crippen molar-refractivity contribution in [2.75, 3.05) is 6.61 Å². The summed E-state index contributed by atoms with van der Waals surface area (Å²) in [6.45, 7) is 6.95. The number of H-pyrrole nitrogens is 1. The molecule has 1 N–H and O–H groups in total. The number of aromatic nitrogens is 3. The summed E-state index contributed by atoms with van der Waals surface area (Å²) in [4.78, 5) is 20.2. The summed E-state index contributed by atoms with van der Waals surface area (Å²) in [6, 6.07) is 4.24. The van der Waals surface area contributed by atoms with E-state index >= 15 is 0 Å². The molecule has 7 nitrogen and oxygen atoms in total. The number of aromatic amines is 1. The van der Waals surface area contributed by atoms with E-state index in [2.05, 4.69) is 9.97 Å². The van der Waals surface area contributed by atoms with Crippen molar-refractivity contribution in [3.8, 4) is 17.1 Å². The van der Waals surface area contributed by atoms with Crippen LogP contribution in [0.2, 0.25) is 0 Å². The first kappa shape index (κ1) is 20.4. The Morgan fingerprint density at radius 1 is 1.25 bits per heavy atom. The second kappa shape index (κ2) is 7.97. The summed E-state index contributed by atoms with van der Waals surface area (Å²) >= 11 is 0. The van der Waals surface area contributed by atoms with Crippen molar-refractivity contribution in [1.29, 1.82) is 0 Å². The number of ether oxygens (including phenoxy) is 1. The Hall–Kier alpha value is -2.32. The molecule has 0 spiro atoms. The zero-order valence-corrected chi connectivity index (χ0v) is 17.5. The predicted octanol–water partition coefficient (Wildman–Crippen LogP) is 3.69. The van der Waals surface area contributed by atoms with Gasteiger partial charge in [0.05, 0.1) is 22.5 Å². The first-order valence-electron chi connectivity index (χ1n) is 9.14. The van der Waals surface area contributed by atoms with Gasteiger partial charge in [0, 0.05) is 23.4 Å². The van der Waals surface area contributed by atoms with E-state index in [1.165, 1.54) is 18.2 Å². The maximum Gasteiger partial charge on any atom is 0.261 e. The minimum atomic E-state index is -3.94. The highest BCUT2D eigenvalue weighted by Gasteiger charge is 2.19. The van der Waals surface area contributed by atoms with Crippen LogP contribution in [0.15, 0.2) is 34.1 Å². The van der Waals surface area contributed by atoms with E-state index in [9.17, 15) is 13.2 Å². The van der Waals surface area contributed by atoms with Gasteiger partial charge in [-0.3, -0.25) is 4.79 Å². The fourth-order valence-corrected chi connectivity index (χ4v) is 3.98. The summed E-state index contributed by atoms with van der Waals surface area (Å²) in [5.41, 5.74) is 1.59. The van der Waals surface area contributed by atoms with Crippen LogP contribution in [0.5, 0.6) is 5.75 Å². The van der Waals surface area contributed by atoms with Crippen LogP contribution in [-0.4, -0.2) is 29.6 Å². The third-order valence-corrected chi connectivity index (χ3v) is 5.79. The molecule has 0 aliphatic heterocycles. The number of aryl methyl sites for hydroxylation is 2. The molecule has 2 heterocycles. The van der Waals surface area contributed by atoms with Gasteiger partial charge < -0.3 is 14.3 Å². The number of nitrogens with one attached hydrogen (secondary N) is 1. The molecule has 2 aromatic heterocycles. The van der Waals surface area contributed by atoms with Gasteiger partial charge >= 0.3 is 0 Å². The predicted molar refractivity (Wildman–Crippen MR) is 110 cm³/mol. The number of hydrogen-bond donors (Lipinski definition) is 1. The number of benzene rings is 1. The molecule has 0 amide bonds. The van der Waals surface area contributed by atoms with Crippen molar-refractivity contribution in [2.24, 2.45) is 0 Å². The first-order chi connectivity index (χ1) is 13.3. The van der Waals surface area contributed by atoms with Gasteiger partial charge in [-0.05, 0) is 43.5 Å². The molecule has 150 valence electrons. The van der Waals surface area contributed by atoms with E-state index in [0.29, 0.717) is 35.4 Å². The highest BCUT2D eigenvalue weighted by Crippen LogP contribution is 2.32. The number of nitrogens with zero attached hydrogens (tertiary/aromatic N) is 2. The average molecular weight is 424 g/mol. The highest BCUT2D eigenvalue weighted by molar-refractivity contribution is 8.13. The fraction of sp³-hybridized carbons (Fsp3) is 0.368. The molecule has 0 radical (unpaired) electrons. The van der Waals surface area contributed by atoms with E-state index in [1.54, 1.807) is 0 Å². The second-order valence-corrected chi connectivity index (χ2v) is 8.91. The van der Waals surface area contributed by atoms with Crippen LogP contribution in [0, 0.1) is 0 Å². The Morgan fingerprint density at radius 2 is 2.00 bits per heavy atom.